The highest BCUT2D eigenvalue weighted by Crippen LogP contribution is 2.37. The van der Waals surface area contributed by atoms with E-state index >= 15 is 0 Å². The van der Waals surface area contributed by atoms with E-state index in [0.29, 0.717) is 18.9 Å². The summed E-state index contributed by atoms with van der Waals surface area (Å²) in [6.07, 6.45) is 3.04. The number of rotatable bonds is 7. The second-order valence-electron chi connectivity index (χ2n) is 8.27. The highest BCUT2D eigenvalue weighted by atomic mass is 16.5. The number of hydrogen-bond acceptors (Lipinski definition) is 8. The van der Waals surface area contributed by atoms with Gasteiger partial charge in [0.1, 0.15) is 5.82 Å². The Balaban J connectivity index is 1.89. The largest absolute Gasteiger partial charge is 0.404 e. The summed E-state index contributed by atoms with van der Waals surface area (Å²) < 4.78 is 5.40. The topological polar surface area (TPSA) is 136 Å². The lowest BCUT2D eigenvalue weighted by atomic mass is 9.72. The van der Waals surface area contributed by atoms with Crippen molar-refractivity contribution in [2.75, 3.05) is 26.2 Å². The third-order valence-corrected chi connectivity index (χ3v) is 6.00. The summed E-state index contributed by atoms with van der Waals surface area (Å²) in [5, 5.41) is 7.42. The first-order chi connectivity index (χ1) is 15.3. The van der Waals surface area contributed by atoms with Gasteiger partial charge in [-0.1, -0.05) is 49.8 Å². The lowest BCUT2D eigenvalue weighted by Crippen LogP contribution is -2.46. The first-order valence-electron chi connectivity index (χ1n) is 10.6. The molecule has 9 nitrogen and oxygen atoms in total. The molecule has 1 aromatic carbocycles. The van der Waals surface area contributed by atoms with Crippen molar-refractivity contribution in [3.63, 3.8) is 0 Å². The van der Waals surface area contributed by atoms with E-state index in [2.05, 4.69) is 47.8 Å². The van der Waals surface area contributed by atoms with Gasteiger partial charge in [-0.05, 0) is 24.0 Å². The Morgan fingerprint density at radius 2 is 1.97 bits per heavy atom. The standard InChI is InChI=1S/C23H31N7O2/c1-15(2)23(4,19-7-5-17(6-8-19)18(13-24)14-27-16(3)25)22-28-20(32-29-22)21(31)30-11-9-26-10-12-30/h5-8,13-15,26H,3,9-12,24-25H2,1-2,4H3/b18-13+,27-14-. The van der Waals surface area contributed by atoms with Crippen LogP contribution in [0.15, 0.2) is 52.4 Å². The Hall–Kier alpha value is -3.46. The van der Waals surface area contributed by atoms with E-state index in [1.54, 1.807) is 11.1 Å². The molecule has 1 saturated heterocycles. The summed E-state index contributed by atoms with van der Waals surface area (Å²) in [4.78, 5) is 23.0. The zero-order valence-electron chi connectivity index (χ0n) is 18.8. The van der Waals surface area contributed by atoms with E-state index in [-0.39, 0.29) is 23.5 Å². The summed E-state index contributed by atoms with van der Waals surface area (Å²) in [5.41, 5.74) is 13.3. The van der Waals surface area contributed by atoms with E-state index < -0.39 is 5.41 Å². The SMILES string of the molecule is C=C(N)/N=C\C(=C/N)c1ccc(C(C)(c2noc(C(=O)N3CCNCC3)n2)C(C)C)cc1. The second-order valence-corrected chi connectivity index (χ2v) is 8.27. The predicted molar refractivity (Wildman–Crippen MR) is 125 cm³/mol. The Labute approximate surface area is 188 Å². The van der Waals surface area contributed by atoms with Gasteiger partial charge in [0.15, 0.2) is 5.82 Å². The molecule has 1 aliphatic heterocycles. The number of benzene rings is 1. The fraction of sp³-hybridized carbons (Fsp3) is 0.391. The number of aliphatic imine (C=N–C) groups is 1. The lowest BCUT2D eigenvalue weighted by Gasteiger charge is -2.31. The summed E-state index contributed by atoms with van der Waals surface area (Å²) >= 11 is 0. The number of nitrogens with one attached hydrogen (secondary N) is 1. The third kappa shape index (κ3) is 4.72. The van der Waals surface area contributed by atoms with Crippen LogP contribution in [0.4, 0.5) is 0 Å². The highest BCUT2D eigenvalue weighted by Gasteiger charge is 2.38. The third-order valence-electron chi connectivity index (χ3n) is 6.00. The second kappa shape index (κ2) is 9.78. The van der Waals surface area contributed by atoms with E-state index in [9.17, 15) is 4.79 Å². The van der Waals surface area contributed by atoms with Gasteiger partial charge in [0, 0.05) is 44.2 Å². The first-order valence-corrected chi connectivity index (χ1v) is 10.6. The average molecular weight is 438 g/mol. The number of hydrogen-bond donors (Lipinski definition) is 3. The van der Waals surface area contributed by atoms with Gasteiger partial charge < -0.3 is 26.2 Å². The number of aromatic nitrogens is 2. The van der Waals surface area contributed by atoms with E-state index in [1.165, 1.54) is 6.20 Å². The summed E-state index contributed by atoms with van der Waals surface area (Å²) in [7, 11) is 0. The van der Waals surface area contributed by atoms with Gasteiger partial charge in [0.05, 0.1) is 5.41 Å². The van der Waals surface area contributed by atoms with E-state index in [0.717, 1.165) is 29.8 Å². The molecule has 5 N–H and O–H groups in total. The monoisotopic (exact) mass is 437 g/mol. The Morgan fingerprint density at radius 3 is 2.53 bits per heavy atom. The number of carbonyl (C=O) groups is 1. The van der Waals surface area contributed by atoms with Crippen LogP contribution in [0.2, 0.25) is 0 Å². The minimum atomic E-state index is -0.559. The molecule has 0 spiro atoms. The molecule has 1 fully saturated rings. The van der Waals surface area contributed by atoms with Crippen molar-refractivity contribution >= 4 is 17.7 Å². The van der Waals surface area contributed by atoms with Crippen LogP contribution in [0, 0.1) is 5.92 Å². The number of allylic oxidation sites excluding steroid dienone is 1. The molecule has 170 valence electrons. The van der Waals surface area contributed by atoms with Crippen LogP contribution >= 0.6 is 0 Å². The van der Waals surface area contributed by atoms with Gasteiger partial charge >= 0.3 is 11.8 Å². The van der Waals surface area contributed by atoms with Crippen molar-refractivity contribution in [3.05, 3.63) is 65.7 Å². The molecule has 32 heavy (non-hydrogen) atoms. The number of nitrogens with zero attached hydrogens (tertiary/aromatic N) is 4. The van der Waals surface area contributed by atoms with Crippen molar-refractivity contribution in [1.82, 2.24) is 20.4 Å². The van der Waals surface area contributed by atoms with Crippen molar-refractivity contribution in [2.45, 2.75) is 26.2 Å². The highest BCUT2D eigenvalue weighted by molar-refractivity contribution is 6.09. The quantitative estimate of drug-likeness (QED) is 0.563. The zero-order chi connectivity index (χ0) is 23.3. The summed E-state index contributed by atoms with van der Waals surface area (Å²) in [5.74, 6) is 0.618. The van der Waals surface area contributed by atoms with Gasteiger partial charge in [-0.2, -0.15) is 4.98 Å². The number of amides is 1. The van der Waals surface area contributed by atoms with Crippen molar-refractivity contribution in [2.24, 2.45) is 22.4 Å². The average Bonchev–Trinajstić information content (AvgIpc) is 3.30. The van der Waals surface area contributed by atoms with Gasteiger partial charge in [-0.25, -0.2) is 4.99 Å². The van der Waals surface area contributed by atoms with Gasteiger partial charge in [0.25, 0.3) is 0 Å². The van der Waals surface area contributed by atoms with Crippen LogP contribution < -0.4 is 16.8 Å². The fourth-order valence-electron chi connectivity index (χ4n) is 3.62. The molecular weight excluding hydrogens is 406 g/mol. The summed E-state index contributed by atoms with van der Waals surface area (Å²) in [6, 6.07) is 7.90. The Morgan fingerprint density at radius 1 is 1.31 bits per heavy atom. The van der Waals surface area contributed by atoms with Crippen LogP contribution in [-0.4, -0.2) is 53.3 Å². The molecule has 0 aliphatic carbocycles. The van der Waals surface area contributed by atoms with Crippen LogP contribution in [0.1, 0.15) is 48.4 Å². The Kier molecular flexibility index (Phi) is 7.09. The predicted octanol–water partition coefficient (Wildman–Crippen LogP) is 1.88. The fourth-order valence-corrected chi connectivity index (χ4v) is 3.62. The number of nitrogens with two attached hydrogens (primary N) is 2. The molecule has 1 aliphatic rings. The molecule has 0 radical (unpaired) electrons. The molecule has 1 amide bonds. The minimum Gasteiger partial charge on any atom is -0.404 e. The van der Waals surface area contributed by atoms with Crippen LogP contribution in [0.3, 0.4) is 0 Å². The molecule has 1 unspecified atom stereocenters. The zero-order valence-corrected chi connectivity index (χ0v) is 18.8. The molecule has 2 aromatic rings. The maximum atomic E-state index is 12.8. The van der Waals surface area contributed by atoms with Gasteiger partial charge in [0.2, 0.25) is 0 Å². The normalized spacial score (nSPS) is 17.0. The molecular formula is C23H31N7O2. The molecule has 3 rings (SSSR count). The van der Waals surface area contributed by atoms with Crippen molar-refractivity contribution in [3.8, 4) is 0 Å². The molecule has 2 heterocycles. The van der Waals surface area contributed by atoms with Crippen molar-refractivity contribution < 1.29 is 9.32 Å². The smallest absolute Gasteiger partial charge is 0.316 e. The van der Waals surface area contributed by atoms with Gasteiger partial charge in [-0.3, -0.25) is 4.79 Å². The number of piperazine rings is 1. The van der Waals surface area contributed by atoms with Crippen molar-refractivity contribution in [1.29, 1.82) is 0 Å². The first kappa shape index (κ1) is 23.2. The van der Waals surface area contributed by atoms with E-state index in [1.807, 2.05) is 24.3 Å². The van der Waals surface area contributed by atoms with Crippen LogP contribution in [-0.2, 0) is 5.41 Å². The van der Waals surface area contributed by atoms with Crippen LogP contribution in [0.5, 0.6) is 0 Å². The minimum absolute atomic E-state index is 0.0250. The van der Waals surface area contributed by atoms with E-state index in [4.69, 9.17) is 16.0 Å². The number of carbonyl (C=O) groups excluding carboxylic acids is 1. The molecule has 1 aromatic heterocycles. The maximum Gasteiger partial charge on any atom is 0.316 e. The molecule has 0 bridgehead atoms. The van der Waals surface area contributed by atoms with Gasteiger partial charge in [-0.15, -0.1) is 0 Å². The molecule has 9 heteroatoms. The summed E-state index contributed by atoms with van der Waals surface area (Å²) in [6.45, 7) is 12.5. The Bertz CT molecular complexity index is 1020. The molecule has 1 atom stereocenters. The lowest BCUT2D eigenvalue weighted by molar-refractivity contribution is 0.0685. The molecule has 0 saturated carbocycles. The van der Waals surface area contributed by atoms with Crippen LogP contribution in [0.25, 0.3) is 5.57 Å². The maximum absolute atomic E-state index is 12.8.